The van der Waals surface area contributed by atoms with Crippen LogP contribution in [0.5, 0.6) is 0 Å². The van der Waals surface area contributed by atoms with Crippen molar-refractivity contribution >= 4 is 28.3 Å². The topological polar surface area (TPSA) is 103 Å². The number of hydrogen-bond donors (Lipinski definition) is 1. The van der Waals surface area contributed by atoms with Crippen LogP contribution in [0.2, 0.25) is 0 Å². The lowest BCUT2D eigenvalue weighted by Gasteiger charge is -2.11. The number of carbonyl (C=O) groups is 2. The molecular weight excluding hydrogens is 368 g/mol. The van der Waals surface area contributed by atoms with Gasteiger partial charge in [0.15, 0.2) is 5.13 Å². The van der Waals surface area contributed by atoms with E-state index in [2.05, 4.69) is 15.3 Å². The smallest absolute Gasteiger partial charge is 0.350 e. The third-order valence-corrected chi connectivity index (χ3v) is 5.31. The van der Waals surface area contributed by atoms with Crippen molar-refractivity contribution in [3.8, 4) is 0 Å². The van der Waals surface area contributed by atoms with E-state index in [1.54, 1.807) is 27.7 Å². The number of anilines is 1. The highest BCUT2D eigenvalue weighted by Crippen LogP contribution is 2.24. The number of aryl methyl sites for hydroxylation is 3. The Morgan fingerprint density at radius 1 is 1.26 bits per heavy atom. The van der Waals surface area contributed by atoms with Gasteiger partial charge >= 0.3 is 5.97 Å². The zero-order valence-electron chi connectivity index (χ0n) is 15.8. The summed E-state index contributed by atoms with van der Waals surface area (Å²) in [6, 6.07) is 0. The van der Waals surface area contributed by atoms with Crippen LogP contribution in [0.3, 0.4) is 0 Å². The van der Waals surface area contributed by atoms with E-state index in [1.807, 2.05) is 0 Å². The first-order chi connectivity index (χ1) is 12.8. The van der Waals surface area contributed by atoms with Gasteiger partial charge in [0.1, 0.15) is 17.2 Å². The molecule has 3 rings (SSSR count). The van der Waals surface area contributed by atoms with Gasteiger partial charge in [0.2, 0.25) is 5.91 Å². The molecule has 0 aliphatic heterocycles. The molecule has 1 aliphatic carbocycles. The maximum absolute atomic E-state index is 12.6. The Morgan fingerprint density at radius 2 is 2.00 bits per heavy atom. The number of aromatic nitrogens is 3. The molecule has 0 saturated carbocycles. The molecule has 2 heterocycles. The molecule has 0 radical (unpaired) electrons. The van der Waals surface area contributed by atoms with Crippen LogP contribution in [-0.2, 0) is 28.9 Å². The molecule has 1 N–H and O–H groups in total. The summed E-state index contributed by atoms with van der Waals surface area (Å²) in [6.45, 7) is 6.79. The second kappa shape index (κ2) is 7.59. The Morgan fingerprint density at radius 3 is 2.70 bits per heavy atom. The number of esters is 1. The number of carbonyl (C=O) groups excluding carboxylic acids is 2. The van der Waals surface area contributed by atoms with Crippen molar-refractivity contribution in [1.82, 2.24) is 14.5 Å². The van der Waals surface area contributed by atoms with Crippen LogP contribution in [0.25, 0.3) is 0 Å². The maximum atomic E-state index is 12.6. The predicted octanol–water partition coefficient (Wildman–Crippen LogP) is 2.01. The summed E-state index contributed by atoms with van der Waals surface area (Å²) in [6.07, 6.45) is 2.20. The number of thiazole rings is 1. The van der Waals surface area contributed by atoms with Crippen LogP contribution in [-0.4, -0.2) is 32.5 Å². The van der Waals surface area contributed by atoms with Gasteiger partial charge in [-0.25, -0.2) is 14.8 Å². The Bertz CT molecular complexity index is 961. The van der Waals surface area contributed by atoms with Crippen molar-refractivity contribution in [2.75, 3.05) is 5.32 Å². The van der Waals surface area contributed by atoms with E-state index < -0.39 is 11.9 Å². The number of ether oxygens (including phenoxy) is 1. The molecule has 0 unspecified atom stereocenters. The molecule has 0 fully saturated rings. The molecule has 1 amide bonds. The number of nitrogens with zero attached hydrogens (tertiary/aromatic N) is 3. The summed E-state index contributed by atoms with van der Waals surface area (Å²) >= 11 is 1.06. The molecule has 1 aliphatic rings. The third-order valence-electron chi connectivity index (χ3n) is 4.25. The number of amides is 1. The monoisotopic (exact) mass is 390 g/mol. The highest BCUT2D eigenvalue weighted by molar-refractivity contribution is 7.17. The molecule has 8 nitrogen and oxygen atoms in total. The van der Waals surface area contributed by atoms with Crippen molar-refractivity contribution < 1.29 is 14.3 Å². The molecule has 9 heteroatoms. The van der Waals surface area contributed by atoms with E-state index in [1.165, 1.54) is 4.57 Å². The van der Waals surface area contributed by atoms with E-state index in [-0.39, 0.29) is 18.2 Å². The Kier molecular flexibility index (Phi) is 5.41. The molecule has 0 atom stereocenters. The van der Waals surface area contributed by atoms with Crippen LogP contribution in [0.4, 0.5) is 5.13 Å². The fraction of sp³-hybridized carbons (Fsp3) is 0.500. The standard InChI is InChI=1S/C18H22N4O4S/c1-9(2)26-17(25)15-10(3)19-18(27-15)21-14(23)8-22-11(4)20-13-7-5-6-12(13)16(22)24/h9H,5-8H2,1-4H3,(H,19,21,23). The molecule has 0 saturated heterocycles. The van der Waals surface area contributed by atoms with Crippen molar-refractivity contribution in [2.24, 2.45) is 0 Å². The quantitative estimate of drug-likeness (QED) is 0.784. The number of hydrogen-bond acceptors (Lipinski definition) is 7. The van der Waals surface area contributed by atoms with Gasteiger partial charge in [0.25, 0.3) is 5.56 Å². The lowest BCUT2D eigenvalue weighted by molar-refractivity contribution is -0.116. The second-order valence-electron chi connectivity index (χ2n) is 6.76. The Labute approximate surface area is 160 Å². The molecule has 2 aromatic rings. The van der Waals surface area contributed by atoms with E-state index >= 15 is 0 Å². The third kappa shape index (κ3) is 4.08. The number of nitrogens with one attached hydrogen (secondary N) is 1. The van der Waals surface area contributed by atoms with Gasteiger partial charge in [-0.3, -0.25) is 14.2 Å². The number of rotatable bonds is 5. The summed E-state index contributed by atoms with van der Waals surface area (Å²) in [5.74, 6) is -0.333. The van der Waals surface area contributed by atoms with E-state index in [9.17, 15) is 14.4 Å². The summed E-state index contributed by atoms with van der Waals surface area (Å²) < 4.78 is 6.55. The first kappa shape index (κ1) is 19.2. The molecule has 0 aromatic carbocycles. The average molecular weight is 390 g/mol. The summed E-state index contributed by atoms with van der Waals surface area (Å²) in [7, 11) is 0. The largest absolute Gasteiger partial charge is 0.459 e. The summed E-state index contributed by atoms with van der Waals surface area (Å²) in [4.78, 5) is 46.1. The normalized spacial score (nSPS) is 12.9. The average Bonchev–Trinajstić information content (AvgIpc) is 3.17. The molecule has 2 aromatic heterocycles. The van der Waals surface area contributed by atoms with Crippen molar-refractivity contribution in [3.63, 3.8) is 0 Å². The highest BCUT2D eigenvalue weighted by atomic mass is 32.1. The molecule has 27 heavy (non-hydrogen) atoms. The van der Waals surface area contributed by atoms with E-state index in [0.717, 1.165) is 29.9 Å². The first-order valence-electron chi connectivity index (χ1n) is 8.83. The van der Waals surface area contributed by atoms with Crippen molar-refractivity contribution in [1.29, 1.82) is 0 Å². The van der Waals surface area contributed by atoms with E-state index in [0.29, 0.717) is 33.5 Å². The second-order valence-corrected chi connectivity index (χ2v) is 7.76. The Balaban J connectivity index is 1.74. The minimum absolute atomic E-state index is 0.144. The molecule has 144 valence electrons. The fourth-order valence-electron chi connectivity index (χ4n) is 3.04. The van der Waals surface area contributed by atoms with Crippen LogP contribution in [0.1, 0.15) is 52.7 Å². The van der Waals surface area contributed by atoms with Crippen molar-refractivity contribution in [3.05, 3.63) is 38.0 Å². The van der Waals surface area contributed by atoms with Gasteiger partial charge in [-0.05, 0) is 47.0 Å². The van der Waals surface area contributed by atoms with Gasteiger partial charge in [0, 0.05) is 5.56 Å². The van der Waals surface area contributed by atoms with Gasteiger partial charge in [-0.2, -0.15) is 0 Å². The number of fused-ring (bicyclic) bond motifs is 1. The summed E-state index contributed by atoms with van der Waals surface area (Å²) in [5.41, 5.74) is 1.89. The summed E-state index contributed by atoms with van der Waals surface area (Å²) in [5, 5.41) is 2.95. The van der Waals surface area contributed by atoms with Crippen LogP contribution >= 0.6 is 11.3 Å². The SMILES string of the molecule is Cc1nc(NC(=O)Cn2c(C)nc3c(c2=O)CCC3)sc1C(=O)OC(C)C. The molecule has 0 spiro atoms. The Hall–Kier alpha value is -2.55. The van der Waals surface area contributed by atoms with Gasteiger partial charge in [0.05, 0.1) is 17.5 Å². The lowest BCUT2D eigenvalue weighted by Crippen LogP contribution is -2.32. The van der Waals surface area contributed by atoms with Gasteiger partial charge in [-0.15, -0.1) is 0 Å². The zero-order chi connectivity index (χ0) is 19.7. The lowest BCUT2D eigenvalue weighted by atomic mass is 10.2. The van der Waals surface area contributed by atoms with Gasteiger partial charge in [-0.1, -0.05) is 11.3 Å². The van der Waals surface area contributed by atoms with Crippen LogP contribution in [0, 0.1) is 13.8 Å². The minimum atomic E-state index is -0.463. The van der Waals surface area contributed by atoms with E-state index in [4.69, 9.17) is 4.74 Å². The van der Waals surface area contributed by atoms with Gasteiger partial charge < -0.3 is 10.1 Å². The highest BCUT2D eigenvalue weighted by Gasteiger charge is 2.22. The van der Waals surface area contributed by atoms with Crippen LogP contribution in [0.15, 0.2) is 4.79 Å². The van der Waals surface area contributed by atoms with Crippen molar-refractivity contribution in [2.45, 2.75) is 59.6 Å². The molecule has 0 bridgehead atoms. The first-order valence-corrected chi connectivity index (χ1v) is 9.65. The predicted molar refractivity (Wildman–Crippen MR) is 101 cm³/mol. The minimum Gasteiger partial charge on any atom is -0.459 e. The maximum Gasteiger partial charge on any atom is 0.350 e. The van der Waals surface area contributed by atoms with Crippen LogP contribution < -0.4 is 10.9 Å². The zero-order valence-corrected chi connectivity index (χ0v) is 16.6. The molecular formula is C18H22N4O4S. The fourth-order valence-corrected chi connectivity index (χ4v) is 3.91.